The molecule has 1 aromatic carbocycles. The van der Waals surface area contributed by atoms with Gasteiger partial charge >= 0.3 is 0 Å². The molecule has 4 rings (SSSR count). The highest BCUT2D eigenvalue weighted by Crippen LogP contribution is 2.49. The fourth-order valence-electron chi connectivity index (χ4n) is 3.33. The Balaban J connectivity index is 1.67. The number of nitrogens with one attached hydrogen (secondary N) is 1. The van der Waals surface area contributed by atoms with Gasteiger partial charge < -0.3 is 10.3 Å². The van der Waals surface area contributed by atoms with Crippen LogP contribution in [0.5, 0.6) is 0 Å². The van der Waals surface area contributed by atoms with Gasteiger partial charge in [-0.05, 0) is 35.3 Å². The molecule has 3 aliphatic rings. The van der Waals surface area contributed by atoms with Crippen LogP contribution >= 0.6 is 0 Å². The van der Waals surface area contributed by atoms with Gasteiger partial charge in [-0.25, -0.2) is 0 Å². The Labute approximate surface area is 127 Å². The quantitative estimate of drug-likeness (QED) is 0.618. The van der Waals surface area contributed by atoms with E-state index in [2.05, 4.69) is 10.5 Å². The molecule has 108 valence electrons. The van der Waals surface area contributed by atoms with E-state index in [4.69, 9.17) is 5.73 Å². The minimum Gasteiger partial charge on any atom is -0.611 e. The third-order valence-corrected chi connectivity index (χ3v) is 6.34. The van der Waals surface area contributed by atoms with E-state index in [9.17, 15) is 4.55 Å². The van der Waals surface area contributed by atoms with E-state index in [-0.39, 0.29) is 5.25 Å². The number of allylic oxidation sites excluding steroid dienone is 3. The van der Waals surface area contributed by atoms with Gasteiger partial charge in [0.1, 0.15) is 10.2 Å². The zero-order valence-corrected chi connectivity index (χ0v) is 12.5. The Kier molecular flexibility index (Phi) is 3.05. The summed E-state index contributed by atoms with van der Waals surface area (Å²) >= 11 is -0.937. The standard InChI is InChI=1S/C16H17N3OS/c17-12-4-1-10(2-5-12)15-9-13-14(21(15)20)6-3-11-7-8-18-19-16(11)13/h1-2,4-5,8,15,19H,3,6-7,9,17H2. The molecular formula is C16H17N3OS. The second-order valence-electron chi connectivity index (χ2n) is 5.66. The molecule has 0 saturated heterocycles. The number of nitrogen functional groups attached to an aromatic ring is 1. The zero-order valence-electron chi connectivity index (χ0n) is 11.6. The summed E-state index contributed by atoms with van der Waals surface area (Å²) < 4.78 is 12.8. The average Bonchev–Trinajstić information content (AvgIpc) is 2.86. The Morgan fingerprint density at radius 3 is 2.86 bits per heavy atom. The molecule has 0 spiro atoms. The van der Waals surface area contributed by atoms with Gasteiger partial charge in [0.2, 0.25) is 0 Å². The van der Waals surface area contributed by atoms with E-state index < -0.39 is 11.2 Å². The Bertz CT molecular complexity index is 675. The molecule has 5 heteroatoms. The summed E-state index contributed by atoms with van der Waals surface area (Å²) in [6, 6.07) is 7.77. The monoisotopic (exact) mass is 299 g/mol. The van der Waals surface area contributed by atoms with Crippen molar-refractivity contribution in [2.24, 2.45) is 5.10 Å². The number of hydrogen-bond acceptors (Lipinski definition) is 4. The molecule has 0 amide bonds. The van der Waals surface area contributed by atoms with E-state index in [0.29, 0.717) is 0 Å². The third kappa shape index (κ3) is 2.08. The second-order valence-corrected chi connectivity index (χ2v) is 7.32. The van der Waals surface area contributed by atoms with Crippen molar-refractivity contribution in [2.75, 3.05) is 5.73 Å². The molecular weight excluding hydrogens is 282 g/mol. The van der Waals surface area contributed by atoms with Crippen LogP contribution in [-0.4, -0.2) is 10.8 Å². The number of nitrogens with two attached hydrogens (primary N) is 1. The smallest absolute Gasteiger partial charge is 0.150 e. The van der Waals surface area contributed by atoms with Crippen molar-refractivity contribution in [3.8, 4) is 0 Å². The van der Waals surface area contributed by atoms with E-state index in [1.807, 2.05) is 30.5 Å². The molecule has 0 aromatic heterocycles. The van der Waals surface area contributed by atoms with Crippen LogP contribution in [-0.2, 0) is 11.2 Å². The topological polar surface area (TPSA) is 73.5 Å². The van der Waals surface area contributed by atoms with Crippen LogP contribution in [0.4, 0.5) is 5.69 Å². The number of anilines is 1. The zero-order chi connectivity index (χ0) is 14.4. The molecule has 0 saturated carbocycles. The minimum atomic E-state index is -0.937. The van der Waals surface area contributed by atoms with Gasteiger partial charge in [-0.2, -0.15) is 5.10 Å². The summed E-state index contributed by atoms with van der Waals surface area (Å²) in [4.78, 5) is 1.11. The Morgan fingerprint density at radius 1 is 1.24 bits per heavy atom. The van der Waals surface area contributed by atoms with E-state index in [0.717, 1.165) is 47.5 Å². The first-order valence-corrected chi connectivity index (χ1v) is 8.43. The minimum absolute atomic E-state index is 0.0511. The lowest BCUT2D eigenvalue weighted by atomic mass is 9.90. The SMILES string of the molecule is Nc1ccc(C2CC3=C(CCC4=C3NN=CC4)[S+]2[O-])cc1. The molecule has 2 heterocycles. The van der Waals surface area contributed by atoms with Crippen molar-refractivity contribution in [1.29, 1.82) is 0 Å². The first-order chi connectivity index (χ1) is 10.2. The molecule has 4 nitrogen and oxygen atoms in total. The van der Waals surface area contributed by atoms with E-state index >= 15 is 0 Å². The van der Waals surface area contributed by atoms with Crippen LogP contribution in [0.1, 0.15) is 36.5 Å². The molecule has 1 aromatic rings. The molecule has 2 unspecified atom stereocenters. The Morgan fingerprint density at radius 2 is 2.05 bits per heavy atom. The highest BCUT2D eigenvalue weighted by Gasteiger charge is 2.42. The van der Waals surface area contributed by atoms with Crippen molar-refractivity contribution in [2.45, 2.75) is 30.9 Å². The van der Waals surface area contributed by atoms with Gasteiger partial charge in [-0.15, -0.1) is 0 Å². The summed E-state index contributed by atoms with van der Waals surface area (Å²) in [6.45, 7) is 0. The molecule has 21 heavy (non-hydrogen) atoms. The molecule has 0 fully saturated rings. The predicted octanol–water partition coefficient (Wildman–Crippen LogP) is 2.74. The largest absolute Gasteiger partial charge is 0.611 e. The van der Waals surface area contributed by atoms with Gasteiger partial charge in [-0.3, -0.25) is 5.43 Å². The van der Waals surface area contributed by atoms with Crippen LogP contribution in [0.3, 0.4) is 0 Å². The average molecular weight is 299 g/mol. The van der Waals surface area contributed by atoms with Crippen LogP contribution in [0, 0.1) is 0 Å². The van der Waals surface area contributed by atoms with Gasteiger partial charge in [-0.1, -0.05) is 12.1 Å². The molecule has 3 N–H and O–H groups in total. The maximum absolute atomic E-state index is 12.8. The van der Waals surface area contributed by atoms with Crippen LogP contribution in [0.15, 0.2) is 51.1 Å². The van der Waals surface area contributed by atoms with Crippen molar-refractivity contribution in [1.82, 2.24) is 5.43 Å². The molecule has 1 aliphatic carbocycles. The van der Waals surface area contributed by atoms with Crippen LogP contribution < -0.4 is 11.2 Å². The lowest BCUT2D eigenvalue weighted by Gasteiger charge is -2.22. The predicted molar refractivity (Wildman–Crippen MR) is 85.9 cm³/mol. The van der Waals surface area contributed by atoms with Gasteiger partial charge in [0.25, 0.3) is 0 Å². The lowest BCUT2D eigenvalue weighted by Crippen LogP contribution is -2.19. The summed E-state index contributed by atoms with van der Waals surface area (Å²) in [5.74, 6) is 0. The van der Waals surface area contributed by atoms with Gasteiger partial charge in [0.05, 0.1) is 5.70 Å². The van der Waals surface area contributed by atoms with E-state index in [1.165, 1.54) is 11.1 Å². The fraction of sp³-hybridized carbons (Fsp3) is 0.312. The number of benzene rings is 1. The maximum Gasteiger partial charge on any atom is 0.150 e. The molecule has 2 atom stereocenters. The first kappa shape index (κ1) is 13.0. The number of fused-ring (bicyclic) bond motifs is 1. The lowest BCUT2D eigenvalue weighted by molar-refractivity contribution is 0.590. The number of hydrazone groups is 1. The number of hydrogen-bond donors (Lipinski definition) is 2. The second kappa shape index (κ2) is 4.93. The van der Waals surface area contributed by atoms with Crippen molar-refractivity contribution >= 4 is 23.1 Å². The van der Waals surface area contributed by atoms with Crippen LogP contribution in [0.2, 0.25) is 0 Å². The number of rotatable bonds is 1. The number of nitrogens with zero attached hydrogens (tertiary/aromatic N) is 1. The Hall–Kier alpha value is -1.72. The van der Waals surface area contributed by atoms with Crippen molar-refractivity contribution < 1.29 is 4.55 Å². The molecule has 2 aliphatic heterocycles. The van der Waals surface area contributed by atoms with Crippen LogP contribution in [0.25, 0.3) is 0 Å². The van der Waals surface area contributed by atoms with Gasteiger partial charge in [0, 0.05) is 42.3 Å². The van der Waals surface area contributed by atoms with Crippen molar-refractivity contribution in [3.63, 3.8) is 0 Å². The third-order valence-electron chi connectivity index (χ3n) is 4.45. The maximum atomic E-state index is 12.8. The molecule has 0 bridgehead atoms. The first-order valence-electron chi connectivity index (χ1n) is 7.22. The fourth-order valence-corrected chi connectivity index (χ4v) is 5.13. The highest BCUT2D eigenvalue weighted by molar-refractivity contribution is 7.95. The summed E-state index contributed by atoms with van der Waals surface area (Å²) in [5.41, 5.74) is 14.5. The summed E-state index contributed by atoms with van der Waals surface area (Å²) in [5, 5.41) is 4.22. The summed E-state index contributed by atoms with van der Waals surface area (Å²) in [6.07, 6.45) is 5.56. The normalized spacial score (nSPS) is 27.5. The summed E-state index contributed by atoms with van der Waals surface area (Å²) in [7, 11) is 0. The van der Waals surface area contributed by atoms with Crippen molar-refractivity contribution in [3.05, 3.63) is 51.6 Å². The van der Waals surface area contributed by atoms with Gasteiger partial charge in [0.15, 0.2) is 0 Å². The molecule has 0 radical (unpaired) electrons. The van der Waals surface area contributed by atoms with E-state index in [1.54, 1.807) is 0 Å². The highest BCUT2D eigenvalue weighted by atomic mass is 32.2.